The molecular formula is C22H29N3O4S2. The third-order valence-corrected chi connectivity index (χ3v) is 8.33. The molecule has 1 aromatic heterocycles. The van der Waals surface area contributed by atoms with Crippen molar-refractivity contribution < 1.29 is 18.0 Å². The van der Waals surface area contributed by atoms with Gasteiger partial charge in [-0.1, -0.05) is 18.6 Å². The molecule has 2 amide bonds. The Hall–Kier alpha value is -2.23. The van der Waals surface area contributed by atoms with Crippen LogP contribution in [-0.4, -0.2) is 55.6 Å². The van der Waals surface area contributed by atoms with Gasteiger partial charge in [-0.05, 0) is 55.8 Å². The van der Waals surface area contributed by atoms with Crippen molar-refractivity contribution in [3.8, 4) is 0 Å². The van der Waals surface area contributed by atoms with Crippen molar-refractivity contribution in [2.24, 2.45) is 0 Å². The smallest absolute Gasteiger partial charge is 0.254 e. The number of nitrogens with zero attached hydrogens (tertiary/aromatic N) is 2. The summed E-state index contributed by atoms with van der Waals surface area (Å²) in [6.07, 6.45) is 2.73. The summed E-state index contributed by atoms with van der Waals surface area (Å²) in [4.78, 5) is 28.0. The monoisotopic (exact) mass is 463 g/mol. The summed E-state index contributed by atoms with van der Waals surface area (Å²) < 4.78 is 27.8. The van der Waals surface area contributed by atoms with E-state index in [9.17, 15) is 18.0 Å². The van der Waals surface area contributed by atoms with E-state index in [0.717, 1.165) is 24.1 Å². The molecule has 9 heteroatoms. The summed E-state index contributed by atoms with van der Waals surface area (Å²) >= 11 is 1.55. The second-order valence-electron chi connectivity index (χ2n) is 7.62. The van der Waals surface area contributed by atoms with Crippen LogP contribution in [0.4, 0.5) is 0 Å². The zero-order valence-electron chi connectivity index (χ0n) is 18.0. The Morgan fingerprint density at radius 1 is 1.16 bits per heavy atom. The lowest BCUT2D eigenvalue weighted by atomic mass is 10.1. The minimum absolute atomic E-state index is 0.0806. The summed E-state index contributed by atoms with van der Waals surface area (Å²) in [5.74, 6) is -0.610. The second kappa shape index (κ2) is 10.4. The van der Waals surface area contributed by atoms with Crippen molar-refractivity contribution in [2.45, 2.75) is 44.6 Å². The quantitative estimate of drug-likeness (QED) is 0.652. The molecule has 1 saturated heterocycles. The first-order chi connectivity index (χ1) is 14.8. The first kappa shape index (κ1) is 23.4. The van der Waals surface area contributed by atoms with Crippen molar-refractivity contribution >= 4 is 33.2 Å². The van der Waals surface area contributed by atoms with Gasteiger partial charge in [0, 0.05) is 30.1 Å². The van der Waals surface area contributed by atoms with Gasteiger partial charge < -0.3 is 10.2 Å². The van der Waals surface area contributed by atoms with Crippen LogP contribution in [0, 0.1) is 6.92 Å². The fourth-order valence-electron chi connectivity index (χ4n) is 3.59. The molecule has 0 radical (unpaired) electrons. The van der Waals surface area contributed by atoms with Crippen LogP contribution >= 0.6 is 11.3 Å². The average Bonchev–Trinajstić information content (AvgIpc) is 3.30. The Morgan fingerprint density at radius 3 is 2.55 bits per heavy atom. The standard InChI is InChI=1S/C22H29N3O4S2/c1-3-24(16-21(26)23-15-19-8-7-13-30-19)22(27)18-10-9-17(2)20(14-18)31(28,29)25-11-5-4-6-12-25/h7-10,13-14H,3-6,11-12,15-16H2,1-2H3,(H,23,26). The van der Waals surface area contributed by atoms with Gasteiger partial charge in [-0.3, -0.25) is 9.59 Å². The predicted octanol–water partition coefficient (Wildman–Crippen LogP) is 3.01. The van der Waals surface area contributed by atoms with E-state index in [1.807, 2.05) is 17.5 Å². The number of hydrogen-bond donors (Lipinski definition) is 1. The highest BCUT2D eigenvalue weighted by Crippen LogP contribution is 2.25. The van der Waals surface area contributed by atoms with E-state index in [0.29, 0.717) is 31.7 Å². The molecule has 0 saturated carbocycles. The highest BCUT2D eigenvalue weighted by molar-refractivity contribution is 7.89. The van der Waals surface area contributed by atoms with E-state index in [1.54, 1.807) is 37.3 Å². The van der Waals surface area contributed by atoms with Crippen LogP contribution in [0.25, 0.3) is 0 Å². The van der Waals surface area contributed by atoms with Crippen molar-refractivity contribution in [1.82, 2.24) is 14.5 Å². The molecule has 0 atom stereocenters. The number of nitrogens with one attached hydrogen (secondary N) is 1. The van der Waals surface area contributed by atoms with E-state index < -0.39 is 10.0 Å². The molecule has 1 aromatic carbocycles. The molecule has 2 heterocycles. The van der Waals surface area contributed by atoms with E-state index in [1.165, 1.54) is 15.3 Å². The predicted molar refractivity (Wildman–Crippen MR) is 122 cm³/mol. The Bertz CT molecular complexity index is 1010. The second-order valence-corrected chi connectivity index (χ2v) is 10.6. The normalized spacial score (nSPS) is 14.9. The molecule has 1 aliphatic heterocycles. The number of benzene rings is 1. The van der Waals surface area contributed by atoms with Crippen LogP contribution in [0.15, 0.2) is 40.6 Å². The molecule has 2 aromatic rings. The molecule has 0 spiro atoms. The zero-order chi connectivity index (χ0) is 22.4. The number of amides is 2. The number of thiophene rings is 1. The molecule has 0 bridgehead atoms. The van der Waals surface area contributed by atoms with Gasteiger partial charge in [0.15, 0.2) is 0 Å². The number of hydrogen-bond acceptors (Lipinski definition) is 5. The summed E-state index contributed by atoms with van der Waals surface area (Å²) in [6, 6.07) is 8.59. The van der Waals surface area contributed by atoms with Gasteiger partial charge in [-0.15, -0.1) is 11.3 Å². The largest absolute Gasteiger partial charge is 0.350 e. The number of aryl methyl sites for hydroxylation is 1. The molecule has 1 aliphatic rings. The van der Waals surface area contributed by atoms with Crippen LogP contribution in [-0.2, 0) is 21.4 Å². The Labute approximate surface area is 188 Å². The molecular weight excluding hydrogens is 434 g/mol. The van der Waals surface area contributed by atoms with E-state index in [4.69, 9.17) is 0 Å². The topological polar surface area (TPSA) is 86.8 Å². The van der Waals surface area contributed by atoms with Crippen LogP contribution in [0.2, 0.25) is 0 Å². The van der Waals surface area contributed by atoms with E-state index in [-0.39, 0.29) is 28.8 Å². The molecule has 7 nitrogen and oxygen atoms in total. The van der Waals surface area contributed by atoms with Gasteiger partial charge in [0.2, 0.25) is 15.9 Å². The molecule has 0 unspecified atom stereocenters. The molecule has 3 rings (SSSR count). The van der Waals surface area contributed by atoms with Crippen LogP contribution in [0.5, 0.6) is 0 Å². The first-order valence-electron chi connectivity index (χ1n) is 10.5. The third kappa shape index (κ3) is 5.72. The van der Waals surface area contributed by atoms with E-state index in [2.05, 4.69) is 5.32 Å². The zero-order valence-corrected chi connectivity index (χ0v) is 19.6. The fourth-order valence-corrected chi connectivity index (χ4v) is 6.01. The molecule has 0 aliphatic carbocycles. The lowest BCUT2D eigenvalue weighted by Crippen LogP contribution is -2.40. The highest BCUT2D eigenvalue weighted by Gasteiger charge is 2.28. The van der Waals surface area contributed by atoms with Crippen LogP contribution in [0.3, 0.4) is 0 Å². The minimum atomic E-state index is -3.65. The maximum absolute atomic E-state index is 13.1. The van der Waals surface area contributed by atoms with Gasteiger partial charge in [0.05, 0.1) is 18.0 Å². The maximum Gasteiger partial charge on any atom is 0.254 e. The van der Waals surface area contributed by atoms with Gasteiger partial charge in [-0.25, -0.2) is 8.42 Å². The molecule has 1 fully saturated rings. The van der Waals surface area contributed by atoms with Crippen molar-refractivity contribution in [3.63, 3.8) is 0 Å². The number of carbonyl (C=O) groups is 2. The van der Waals surface area contributed by atoms with Gasteiger partial charge >= 0.3 is 0 Å². The lowest BCUT2D eigenvalue weighted by Gasteiger charge is -2.27. The SMILES string of the molecule is CCN(CC(=O)NCc1cccs1)C(=O)c1ccc(C)c(S(=O)(=O)N2CCCCC2)c1. The highest BCUT2D eigenvalue weighted by atomic mass is 32.2. The number of piperidine rings is 1. The molecule has 1 N–H and O–H groups in total. The van der Waals surface area contributed by atoms with Crippen molar-refractivity contribution in [3.05, 3.63) is 51.7 Å². The number of carbonyl (C=O) groups excluding carboxylic acids is 2. The average molecular weight is 464 g/mol. The van der Waals surface area contributed by atoms with Gasteiger partial charge in [0.1, 0.15) is 0 Å². The van der Waals surface area contributed by atoms with Crippen molar-refractivity contribution in [1.29, 1.82) is 0 Å². The number of rotatable bonds is 8. The Balaban J connectivity index is 1.73. The number of likely N-dealkylation sites (N-methyl/N-ethyl adjacent to an activating group) is 1. The third-order valence-electron chi connectivity index (χ3n) is 5.41. The Kier molecular flexibility index (Phi) is 7.85. The van der Waals surface area contributed by atoms with Crippen molar-refractivity contribution in [2.75, 3.05) is 26.2 Å². The summed E-state index contributed by atoms with van der Waals surface area (Å²) in [5.41, 5.74) is 0.882. The van der Waals surface area contributed by atoms with Gasteiger partial charge in [0.25, 0.3) is 5.91 Å². The molecule has 168 valence electrons. The van der Waals surface area contributed by atoms with E-state index >= 15 is 0 Å². The summed E-state index contributed by atoms with van der Waals surface area (Å²) in [6.45, 7) is 5.22. The fraction of sp³-hybridized carbons (Fsp3) is 0.455. The minimum Gasteiger partial charge on any atom is -0.350 e. The maximum atomic E-state index is 13.1. The summed E-state index contributed by atoms with van der Waals surface area (Å²) in [5, 5.41) is 4.76. The van der Waals surface area contributed by atoms with Gasteiger partial charge in [-0.2, -0.15) is 4.31 Å². The lowest BCUT2D eigenvalue weighted by molar-refractivity contribution is -0.121. The summed E-state index contributed by atoms with van der Waals surface area (Å²) in [7, 11) is -3.65. The first-order valence-corrected chi connectivity index (χ1v) is 12.8. The van der Waals surface area contributed by atoms with Crippen LogP contribution in [0.1, 0.15) is 47.0 Å². The molecule has 31 heavy (non-hydrogen) atoms. The Morgan fingerprint density at radius 2 is 1.90 bits per heavy atom. The van der Waals surface area contributed by atoms with Crippen LogP contribution < -0.4 is 5.32 Å². The number of sulfonamides is 1.